The summed E-state index contributed by atoms with van der Waals surface area (Å²) in [5.74, 6) is -0.0397. The first-order chi connectivity index (χ1) is 14.3. The number of hydrogen-bond donors (Lipinski definition) is 1. The van der Waals surface area contributed by atoms with Crippen LogP contribution in [0.25, 0.3) is 0 Å². The first kappa shape index (κ1) is 21.6. The molecule has 0 spiro atoms. The Hall–Kier alpha value is -3.13. The van der Waals surface area contributed by atoms with E-state index < -0.39 is 15.8 Å². The Morgan fingerprint density at radius 1 is 1.07 bits per heavy atom. The van der Waals surface area contributed by atoms with E-state index in [0.717, 1.165) is 21.6 Å². The molecule has 0 amide bonds. The summed E-state index contributed by atoms with van der Waals surface area (Å²) in [6.07, 6.45) is 3.40. The second-order valence-electron chi connectivity index (χ2n) is 6.90. The van der Waals surface area contributed by atoms with E-state index in [2.05, 4.69) is 10.3 Å². The second-order valence-corrected chi connectivity index (χ2v) is 8.84. The van der Waals surface area contributed by atoms with Crippen LogP contribution in [-0.2, 0) is 10.0 Å². The van der Waals surface area contributed by atoms with Crippen LogP contribution in [0.2, 0.25) is 0 Å². The van der Waals surface area contributed by atoms with E-state index in [0.29, 0.717) is 30.2 Å². The van der Waals surface area contributed by atoms with Gasteiger partial charge in [0.15, 0.2) is 0 Å². The van der Waals surface area contributed by atoms with E-state index in [-0.39, 0.29) is 4.90 Å². The molecule has 0 aliphatic heterocycles. The van der Waals surface area contributed by atoms with E-state index in [1.807, 2.05) is 25.1 Å². The predicted molar refractivity (Wildman–Crippen MR) is 116 cm³/mol. The predicted octanol–water partition coefficient (Wildman–Crippen LogP) is 4.15. The van der Waals surface area contributed by atoms with Crippen molar-refractivity contribution < 1.29 is 17.5 Å². The third kappa shape index (κ3) is 5.07. The van der Waals surface area contributed by atoms with Gasteiger partial charge in [-0.25, -0.2) is 12.8 Å². The highest BCUT2D eigenvalue weighted by Crippen LogP contribution is 2.29. The number of anilines is 2. The monoisotopic (exact) mass is 429 g/mol. The Morgan fingerprint density at radius 3 is 2.53 bits per heavy atom. The number of benzene rings is 2. The number of sulfonamides is 1. The summed E-state index contributed by atoms with van der Waals surface area (Å²) in [7, 11) is -2.47. The SMILES string of the molecule is Cc1cc(OCCNc2ccncc2)cc(N(C)S(=O)(=O)c2cc(F)ccc2C)c1. The number of pyridine rings is 1. The number of ether oxygens (including phenoxy) is 1. The molecule has 0 unspecified atom stereocenters. The van der Waals surface area contributed by atoms with Crippen molar-refractivity contribution in [1.29, 1.82) is 0 Å². The summed E-state index contributed by atoms with van der Waals surface area (Å²) in [6, 6.07) is 12.7. The summed E-state index contributed by atoms with van der Waals surface area (Å²) in [5, 5.41) is 3.22. The Morgan fingerprint density at radius 2 is 1.80 bits per heavy atom. The maximum Gasteiger partial charge on any atom is 0.264 e. The van der Waals surface area contributed by atoms with E-state index in [1.165, 1.54) is 19.2 Å². The van der Waals surface area contributed by atoms with Crippen LogP contribution in [0.1, 0.15) is 11.1 Å². The molecule has 158 valence electrons. The zero-order valence-corrected chi connectivity index (χ0v) is 17.9. The fourth-order valence-electron chi connectivity index (χ4n) is 2.97. The lowest BCUT2D eigenvalue weighted by Crippen LogP contribution is -2.27. The van der Waals surface area contributed by atoms with Crippen molar-refractivity contribution in [2.75, 3.05) is 29.8 Å². The van der Waals surface area contributed by atoms with Crippen molar-refractivity contribution in [2.24, 2.45) is 0 Å². The van der Waals surface area contributed by atoms with Gasteiger partial charge in [-0.1, -0.05) is 6.07 Å². The van der Waals surface area contributed by atoms with Crippen LogP contribution < -0.4 is 14.4 Å². The van der Waals surface area contributed by atoms with Crippen molar-refractivity contribution >= 4 is 21.4 Å². The molecular weight excluding hydrogens is 405 g/mol. The third-order valence-electron chi connectivity index (χ3n) is 4.57. The largest absolute Gasteiger partial charge is 0.492 e. The van der Waals surface area contributed by atoms with Crippen molar-refractivity contribution in [3.05, 3.63) is 77.9 Å². The highest BCUT2D eigenvalue weighted by atomic mass is 32.2. The van der Waals surface area contributed by atoms with Crippen molar-refractivity contribution in [3.8, 4) is 5.75 Å². The minimum atomic E-state index is -3.92. The number of aromatic nitrogens is 1. The van der Waals surface area contributed by atoms with Gasteiger partial charge < -0.3 is 10.1 Å². The molecule has 3 rings (SSSR count). The number of nitrogens with zero attached hydrogens (tertiary/aromatic N) is 2. The molecule has 0 aliphatic carbocycles. The van der Waals surface area contributed by atoms with Crippen LogP contribution in [0.4, 0.5) is 15.8 Å². The zero-order valence-electron chi connectivity index (χ0n) is 17.1. The van der Waals surface area contributed by atoms with Crippen LogP contribution in [-0.4, -0.2) is 33.6 Å². The molecule has 0 saturated heterocycles. The van der Waals surface area contributed by atoms with Crippen LogP contribution in [0.15, 0.2) is 65.8 Å². The van der Waals surface area contributed by atoms with Gasteiger partial charge in [-0.15, -0.1) is 0 Å². The van der Waals surface area contributed by atoms with Gasteiger partial charge >= 0.3 is 0 Å². The van der Waals surface area contributed by atoms with Crippen LogP contribution in [0.3, 0.4) is 0 Å². The smallest absolute Gasteiger partial charge is 0.264 e. The normalized spacial score (nSPS) is 11.2. The lowest BCUT2D eigenvalue weighted by Gasteiger charge is -2.22. The van der Waals surface area contributed by atoms with Crippen molar-refractivity contribution in [1.82, 2.24) is 4.98 Å². The molecule has 0 atom stereocenters. The average Bonchev–Trinajstić information content (AvgIpc) is 2.72. The summed E-state index contributed by atoms with van der Waals surface area (Å²) in [4.78, 5) is 3.90. The topological polar surface area (TPSA) is 71.5 Å². The Labute approximate surface area is 176 Å². The van der Waals surface area contributed by atoms with Gasteiger partial charge in [-0.05, 0) is 61.4 Å². The molecule has 6 nitrogen and oxygen atoms in total. The molecule has 1 heterocycles. The number of hydrogen-bond acceptors (Lipinski definition) is 5. The second kappa shape index (κ2) is 9.13. The van der Waals surface area contributed by atoms with Crippen LogP contribution in [0, 0.1) is 19.7 Å². The van der Waals surface area contributed by atoms with E-state index in [4.69, 9.17) is 4.74 Å². The average molecular weight is 430 g/mol. The van der Waals surface area contributed by atoms with Gasteiger partial charge in [-0.2, -0.15) is 0 Å². The molecule has 0 saturated carbocycles. The molecule has 0 aliphatic rings. The summed E-state index contributed by atoms with van der Waals surface area (Å²) < 4.78 is 46.7. The lowest BCUT2D eigenvalue weighted by molar-refractivity contribution is 0.333. The van der Waals surface area contributed by atoms with Crippen molar-refractivity contribution in [2.45, 2.75) is 18.7 Å². The standard InChI is InChI=1S/C22H24FN3O3S/c1-16-12-20(26(3)30(27,28)22-14-18(23)5-4-17(22)2)15-21(13-16)29-11-10-25-19-6-8-24-9-7-19/h4-9,12-15H,10-11H2,1-3H3,(H,24,25). The first-order valence-electron chi connectivity index (χ1n) is 9.41. The number of nitrogens with one attached hydrogen (secondary N) is 1. The Kier molecular flexibility index (Phi) is 6.56. The summed E-state index contributed by atoms with van der Waals surface area (Å²) in [5.41, 5.74) is 2.71. The van der Waals surface area contributed by atoms with Gasteiger partial charge in [0.25, 0.3) is 10.0 Å². The fraction of sp³-hybridized carbons (Fsp3) is 0.227. The van der Waals surface area contributed by atoms with Crippen LogP contribution >= 0.6 is 0 Å². The summed E-state index contributed by atoms with van der Waals surface area (Å²) in [6.45, 7) is 4.47. The molecule has 8 heteroatoms. The maximum atomic E-state index is 13.7. The molecule has 0 bridgehead atoms. The van der Waals surface area contributed by atoms with Gasteiger partial charge in [0.05, 0.1) is 10.6 Å². The van der Waals surface area contributed by atoms with Crippen LogP contribution in [0.5, 0.6) is 5.75 Å². The molecule has 0 radical (unpaired) electrons. The quantitative estimate of drug-likeness (QED) is 0.545. The molecule has 2 aromatic carbocycles. The van der Waals surface area contributed by atoms with Gasteiger partial charge in [0.1, 0.15) is 18.2 Å². The number of rotatable bonds is 8. The number of aryl methyl sites for hydroxylation is 2. The molecule has 0 fully saturated rings. The van der Waals surface area contributed by atoms with E-state index in [9.17, 15) is 12.8 Å². The van der Waals surface area contributed by atoms with E-state index in [1.54, 1.807) is 31.5 Å². The zero-order chi connectivity index (χ0) is 21.7. The van der Waals surface area contributed by atoms with Crippen molar-refractivity contribution in [3.63, 3.8) is 0 Å². The molecular formula is C22H24FN3O3S. The Balaban J connectivity index is 1.74. The summed E-state index contributed by atoms with van der Waals surface area (Å²) >= 11 is 0. The number of halogens is 1. The van der Waals surface area contributed by atoms with Gasteiger partial charge in [0.2, 0.25) is 0 Å². The molecule has 3 aromatic rings. The van der Waals surface area contributed by atoms with Gasteiger partial charge in [0, 0.05) is 37.7 Å². The molecule has 1 N–H and O–H groups in total. The minimum Gasteiger partial charge on any atom is -0.492 e. The van der Waals surface area contributed by atoms with Gasteiger partial charge in [-0.3, -0.25) is 9.29 Å². The molecule has 30 heavy (non-hydrogen) atoms. The molecule has 1 aromatic heterocycles. The highest BCUT2D eigenvalue weighted by Gasteiger charge is 2.24. The fourth-order valence-corrected chi connectivity index (χ4v) is 4.38. The highest BCUT2D eigenvalue weighted by molar-refractivity contribution is 7.92. The Bertz CT molecular complexity index is 1120. The minimum absolute atomic E-state index is 0.0597. The maximum absolute atomic E-state index is 13.7. The lowest BCUT2D eigenvalue weighted by atomic mass is 10.2. The van der Waals surface area contributed by atoms with E-state index >= 15 is 0 Å². The first-order valence-corrected chi connectivity index (χ1v) is 10.8. The third-order valence-corrected chi connectivity index (χ3v) is 6.50.